The van der Waals surface area contributed by atoms with Crippen molar-refractivity contribution in [3.05, 3.63) is 35.6 Å². The first kappa shape index (κ1) is 13.1. The van der Waals surface area contributed by atoms with Crippen molar-refractivity contribution in [2.24, 2.45) is 5.73 Å². The van der Waals surface area contributed by atoms with Crippen LogP contribution in [0.4, 0.5) is 4.39 Å². The Labute approximate surface area is 97.3 Å². The lowest BCUT2D eigenvalue weighted by atomic mass is 10.0. The standard InChI is InChI=1S/C13H21FN2/c1-4-10(2)16(3)13(9-15)11-6-5-7-12(14)8-11/h5-8,10,13H,4,9,15H2,1-3H3. The molecule has 2 unspecified atom stereocenters. The summed E-state index contributed by atoms with van der Waals surface area (Å²) >= 11 is 0. The number of likely N-dealkylation sites (N-methyl/N-ethyl adjacent to an activating group) is 1. The zero-order valence-corrected chi connectivity index (χ0v) is 10.3. The van der Waals surface area contributed by atoms with Gasteiger partial charge in [-0.2, -0.15) is 0 Å². The van der Waals surface area contributed by atoms with Crippen LogP contribution in [0.25, 0.3) is 0 Å². The molecule has 2 atom stereocenters. The second kappa shape index (κ2) is 5.97. The molecule has 0 aliphatic heterocycles. The smallest absolute Gasteiger partial charge is 0.123 e. The summed E-state index contributed by atoms with van der Waals surface area (Å²) in [6, 6.07) is 7.22. The molecule has 0 heterocycles. The molecule has 0 bridgehead atoms. The van der Waals surface area contributed by atoms with Crippen molar-refractivity contribution in [2.45, 2.75) is 32.4 Å². The van der Waals surface area contributed by atoms with Crippen molar-refractivity contribution >= 4 is 0 Å². The molecule has 2 N–H and O–H groups in total. The van der Waals surface area contributed by atoms with E-state index in [0.29, 0.717) is 12.6 Å². The van der Waals surface area contributed by atoms with E-state index in [2.05, 4.69) is 18.7 Å². The topological polar surface area (TPSA) is 29.3 Å². The minimum Gasteiger partial charge on any atom is -0.329 e. The number of nitrogens with zero attached hydrogens (tertiary/aromatic N) is 1. The van der Waals surface area contributed by atoms with Gasteiger partial charge in [0.25, 0.3) is 0 Å². The molecule has 0 fully saturated rings. The average molecular weight is 224 g/mol. The molecule has 0 aliphatic carbocycles. The van der Waals surface area contributed by atoms with E-state index >= 15 is 0 Å². The van der Waals surface area contributed by atoms with Crippen LogP contribution in [0, 0.1) is 5.82 Å². The predicted molar refractivity (Wildman–Crippen MR) is 65.7 cm³/mol. The number of benzene rings is 1. The monoisotopic (exact) mass is 224 g/mol. The molecule has 90 valence electrons. The lowest BCUT2D eigenvalue weighted by molar-refractivity contribution is 0.184. The Balaban J connectivity index is 2.89. The lowest BCUT2D eigenvalue weighted by Gasteiger charge is -2.32. The average Bonchev–Trinajstić information content (AvgIpc) is 2.29. The molecule has 0 saturated heterocycles. The van der Waals surface area contributed by atoms with Crippen LogP contribution in [0.3, 0.4) is 0 Å². The van der Waals surface area contributed by atoms with Crippen LogP contribution in [-0.4, -0.2) is 24.5 Å². The molecule has 0 spiro atoms. The summed E-state index contributed by atoms with van der Waals surface area (Å²) in [6.07, 6.45) is 1.06. The van der Waals surface area contributed by atoms with E-state index in [1.165, 1.54) is 6.07 Å². The molecule has 0 radical (unpaired) electrons. The highest BCUT2D eigenvalue weighted by Gasteiger charge is 2.19. The first-order valence-corrected chi connectivity index (χ1v) is 5.77. The van der Waals surface area contributed by atoms with Crippen molar-refractivity contribution < 1.29 is 4.39 Å². The van der Waals surface area contributed by atoms with Gasteiger partial charge in [0.15, 0.2) is 0 Å². The van der Waals surface area contributed by atoms with E-state index in [0.717, 1.165) is 12.0 Å². The van der Waals surface area contributed by atoms with Gasteiger partial charge in [0.05, 0.1) is 0 Å². The normalized spacial score (nSPS) is 15.1. The molecule has 2 nitrogen and oxygen atoms in total. The van der Waals surface area contributed by atoms with Gasteiger partial charge in [-0.05, 0) is 38.1 Å². The summed E-state index contributed by atoms with van der Waals surface area (Å²) in [5.74, 6) is -0.200. The first-order valence-electron chi connectivity index (χ1n) is 5.77. The molecule has 16 heavy (non-hydrogen) atoms. The second-order valence-corrected chi connectivity index (χ2v) is 4.23. The van der Waals surface area contributed by atoms with Crippen molar-refractivity contribution in [1.82, 2.24) is 4.90 Å². The summed E-state index contributed by atoms with van der Waals surface area (Å²) in [4.78, 5) is 2.20. The molecule has 0 amide bonds. The van der Waals surface area contributed by atoms with E-state index < -0.39 is 0 Å². The molecule has 0 aromatic heterocycles. The highest BCUT2D eigenvalue weighted by Crippen LogP contribution is 2.21. The fraction of sp³-hybridized carbons (Fsp3) is 0.538. The molecular formula is C13H21FN2. The van der Waals surface area contributed by atoms with Gasteiger partial charge in [-0.3, -0.25) is 4.90 Å². The van der Waals surface area contributed by atoms with Crippen molar-refractivity contribution in [3.63, 3.8) is 0 Å². The largest absolute Gasteiger partial charge is 0.329 e. The maximum Gasteiger partial charge on any atom is 0.123 e. The van der Waals surface area contributed by atoms with E-state index in [4.69, 9.17) is 5.73 Å². The van der Waals surface area contributed by atoms with Gasteiger partial charge in [0.1, 0.15) is 5.82 Å². The summed E-state index contributed by atoms with van der Waals surface area (Å²) in [5, 5.41) is 0. The Morgan fingerprint density at radius 3 is 2.62 bits per heavy atom. The molecule has 0 saturated carbocycles. The van der Waals surface area contributed by atoms with E-state index in [1.807, 2.05) is 13.1 Å². The van der Waals surface area contributed by atoms with Crippen molar-refractivity contribution in [2.75, 3.05) is 13.6 Å². The van der Waals surface area contributed by atoms with Gasteiger partial charge in [0.2, 0.25) is 0 Å². The first-order chi connectivity index (χ1) is 7.60. The molecule has 3 heteroatoms. The molecule has 1 aromatic carbocycles. The maximum absolute atomic E-state index is 13.2. The number of nitrogens with two attached hydrogens (primary N) is 1. The number of halogens is 1. The maximum atomic E-state index is 13.2. The molecule has 1 aromatic rings. The van der Waals surface area contributed by atoms with Crippen molar-refractivity contribution in [3.8, 4) is 0 Å². The SMILES string of the molecule is CCC(C)N(C)C(CN)c1cccc(F)c1. The molecular weight excluding hydrogens is 203 g/mol. The predicted octanol–water partition coefficient (Wildman–Crippen LogP) is 2.56. The van der Waals surface area contributed by atoms with Gasteiger partial charge in [0, 0.05) is 18.6 Å². The minimum absolute atomic E-state index is 0.0886. The van der Waals surface area contributed by atoms with Crippen LogP contribution in [0.2, 0.25) is 0 Å². The lowest BCUT2D eigenvalue weighted by Crippen LogP contribution is -2.36. The Hall–Kier alpha value is -0.930. The Morgan fingerprint density at radius 2 is 2.12 bits per heavy atom. The molecule has 0 aliphatic rings. The van der Waals surface area contributed by atoms with E-state index in [9.17, 15) is 4.39 Å². The van der Waals surface area contributed by atoms with Crippen LogP contribution in [0.15, 0.2) is 24.3 Å². The van der Waals surface area contributed by atoms with Crippen LogP contribution in [-0.2, 0) is 0 Å². The third kappa shape index (κ3) is 3.03. The van der Waals surface area contributed by atoms with Gasteiger partial charge >= 0.3 is 0 Å². The third-order valence-electron chi connectivity index (χ3n) is 3.23. The number of hydrogen-bond acceptors (Lipinski definition) is 2. The minimum atomic E-state index is -0.200. The zero-order chi connectivity index (χ0) is 12.1. The molecule has 1 rings (SSSR count). The Kier molecular flexibility index (Phi) is 4.90. The van der Waals surface area contributed by atoms with Gasteiger partial charge in [-0.1, -0.05) is 19.1 Å². The van der Waals surface area contributed by atoms with Crippen LogP contribution < -0.4 is 5.73 Å². The summed E-state index contributed by atoms with van der Waals surface area (Å²) in [6.45, 7) is 4.80. The van der Waals surface area contributed by atoms with Crippen LogP contribution in [0.1, 0.15) is 31.9 Å². The fourth-order valence-electron chi connectivity index (χ4n) is 1.85. The Bertz CT molecular complexity index is 327. The quantitative estimate of drug-likeness (QED) is 0.833. The summed E-state index contributed by atoms with van der Waals surface area (Å²) in [5.41, 5.74) is 6.73. The highest BCUT2D eigenvalue weighted by atomic mass is 19.1. The number of hydrogen-bond donors (Lipinski definition) is 1. The second-order valence-electron chi connectivity index (χ2n) is 4.23. The van der Waals surface area contributed by atoms with E-state index in [-0.39, 0.29) is 11.9 Å². The van der Waals surface area contributed by atoms with Crippen molar-refractivity contribution in [1.29, 1.82) is 0 Å². The van der Waals surface area contributed by atoms with Gasteiger partial charge in [-0.15, -0.1) is 0 Å². The highest BCUT2D eigenvalue weighted by molar-refractivity contribution is 5.20. The van der Waals surface area contributed by atoms with Crippen LogP contribution in [0.5, 0.6) is 0 Å². The summed E-state index contributed by atoms with van der Waals surface area (Å²) < 4.78 is 13.2. The van der Waals surface area contributed by atoms with Gasteiger partial charge in [-0.25, -0.2) is 4.39 Å². The fourth-order valence-corrected chi connectivity index (χ4v) is 1.85. The third-order valence-corrected chi connectivity index (χ3v) is 3.23. The number of rotatable bonds is 5. The zero-order valence-electron chi connectivity index (χ0n) is 10.3. The van der Waals surface area contributed by atoms with Crippen LogP contribution >= 0.6 is 0 Å². The van der Waals surface area contributed by atoms with Gasteiger partial charge < -0.3 is 5.73 Å². The van der Waals surface area contributed by atoms with E-state index in [1.54, 1.807) is 12.1 Å². The summed E-state index contributed by atoms with van der Waals surface area (Å²) in [7, 11) is 2.04. The Morgan fingerprint density at radius 1 is 1.44 bits per heavy atom.